The van der Waals surface area contributed by atoms with Gasteiger partial charge < -0.3 is 5.73 Å². The van der Waals surface area contributed by atoms with Crippen molar-refractivity contribution in [2.45, 2.75) is 29.5 Å². The Kier molecular flexibility index (Phi) is 5.96. The van der Waals surface area contributed by atoms with Gasteiger partial charge in [-0.3, -0.25) is 0 Å². The summed E-state index contributed by atoms with van der Waals surface area (Å²) in [5.41, 5.74) is 6.31. The zero-order valence-corrected chi connectivity index (χ0v) is 15.3. The van der Waals surface area contributed by atoms with Crippen molar-refractivity contribution in [2.24, 2.45) is 5.73 Å². The molecule has 0 radical (unpaired) electrons. The first-order valence-corrected chi connectivity index (χ1v) is 9.32. The lowest BCUT2D eigenvalue weighted by Gasteiger charge is -2.21. The average Bonchev–Trinajstić information content (AvgIpc) is 2.83. The minimum Gasteiger partial charge on any atom is -0.326 e. The van der Waals surface area contributed by atoms with Gasteiger partial charge in [-0.2, -0.15) is 0 Å². The normalized spacial score (nSPS) is 14.3. The molecule has 0 aliphatic carbocycles. The molecule has 1 aromatic carbocycles. The molecule has 0 bridgehead atoms. The standard InChI is InChI=1S/C14H15Br2NS2/c1-2-10(17)14(12-7-8-13(16)18-12)19-11-6-4-3-5-9(11)15/h3-8,10,14H,2,17H2,1H3. The predicted octanol–water partition coefficient (Wildman–Crippen LogP) is 5.84. The Labute approximate surface area is 139 Å². The third-order valence-corrected chi connectivity index (χ3v) is 7.10. The monoisotopic (exact) mass is 419 g/mol. The molecule has 0 fully saturated rings. The summed E-state index contributed by atoms with van der Waals surface area (Å²) < 4.78 is 2.28. The van der Waals surface area contributed by atoms with E-state index in [4.69, 9.17) is 5.73 Å². The van der Waals surface area contributed by atoms with E-state index in [0.29, 0.717) is 5.25 Å². The van der Waals surface area contributed by atoms with Gasteiger partial charge in [-0.1, -0.05) is 19.1 Å². The average molecular weight is 421 g/mol. The van der Waals surface area contributed by atoms with Gasteiger partial charge in [-0.05, 0) is 62.5 Å². The van der Waals surface area contributed by atoms with E-state index in [1.165, 1.54) is 9.77 Å². The van der Waals surface area contributed by atoms with Crippen LogP contribution in [0.5, 0.6) is 0 Å². The van der Waals surface area contributed by atoms with E-state index in [2.05, 4.69) is 69.1 Å². The molecule has 0 spiro atoms. The smallest absolute Gasteiger partial charge is 0.0701 e. The van der Waals surface area contributed by atoms with E-state index in [-0.39, 0.29) is 6.04 Å². The Bertz CT molecular complexity index is 542. The van der Waals surface area contributed by atoms with Crippen LogP contribution in [0, 0.1) is 0 Å². The van der Waals surface area contributed by atoms with Gasteiger partial charge in [0.1, 0.15) is 0 Å². The van der Waals surface area contributed by atoms with Gasteiger partial charge in [0.15, 0.2) is 0 Å². The minimum absolute atomic E-state index is 0.155. The highest BCUT2D eigenvalue weighted by molar-refractivity contribution is 9.11. The van der Waals surface area contributed by atoms with Gasteiger partial charge in [0.05, 0.1) is 9.04 Å². The molecule has 1 nitrogen and oxygen atoms in total. The van der Waals surface area contributed by atoms with Crippen molar-refractivity contribution in [1.82, 2.24) is 0 Å². The molecular formula is C14H15Br2NS2. The van der Waals surface area contributed by atoms with Crippen LogP contribution in [0.4, 0.5) is 0 Å². The summed E-state index contributed by atoms with van der Waals surface area (Å²) in [5.74, 6) is 0. The van der Waals surface area contributed by atoms with Crippen LogP contribution in [0.1, 0.15) is 23.5 Å². The van der Waals surface area contributed by atoms with Crippen LogP contribution in [0.25, 0.3) is 0 Å². The van der Waals surface area contributed by atoms with E-state index in [1.807, 2.05) is 17.8 Å². The molecule has 0 saturated carbocycles. The fourth-order valence-corrected chi connectivity index (χ4v) is 5.24. The summed E-state index contributed by atoms with van der Waals surface area (Å²) in [5, 5.41) is 0.292. The Hall–Kier alpha value is 0.190. The van der Waals surface area contributed by atoms with Crippen LogP contribution in [-0.2, 0) is 0 Å². The Morgan fingerprint density at radius 3 is 2.53 bits per heavy atom. The number of thiophene rings is 1. The molecule has 102 valence electrons. The van der Waals surface area contributed by atoms with Crippen molar-refractivity contribution in [1.29, 1.82) is 0 Å². The second-order valence-electron chi connectivity index (χ2n) is 4.18. The van der Waals surface area contributed by atoms with E-state index >= 15 is 0 Å². The molecule has 0 amide bonds. The van der Waals surface area contributed by atoms with E-state index < -0.39 is 0 Å². The van der Waals surface area contributed by atoms with Crippen molar-refractivity contribution in [3.63, 3.8) is 0 Å². The SMILES string of the molecule is CCC(N)C(Sc1ccccc1Br)c1ccc(Br)s1. The van der Waals surface area contributed by atoms with Crippen molar-refractivity contribution in [3.05, 3.63) is 49.5 Å². The van der Waals surface area contributed by atoms with Crippen LogP contribution >= 0.6 is 55.0 Å². The molecule has 19 heavy (non-hydrogen) atoms. The van der Waals surface area contributed by atoms with Gasteiger partial charge in [0.2, 0.25) is 0 Å². The first kappa shape index (κ1) is 15.6. The molecule has 2 rings (SSSR count). The van der Waals surface area contributed by atoms with Crippen LogP contribution in [0.2, 0.25) is 0 Å². The van der Waals surface area contributed by atoms with E-state index in [1.54, 1.807) is 11.3 Å². The van der Waals surface area contributed by atoms with Crippen LogP contribution < -0.4 is 5.73 Å². The number of hydrogen-bond donors (Lipinski definition) is 1. The molecule has 0 saturated heterocycles. The summed E-state index contributed by atoms with van der Waals surface area (Å²) in [4.78, 5) is 2.56. The molecule has 2 aromatic rings. The first-order chi connectivity index (χ1) is 9.11. The second-order valence-corrected chi connectivity index (χ2v) is 8.72. The summed E-state index contributed by atoms with van der Waals surface area (Å²) in [7, 11) is 0. The number of rotatable bonds is 5. The van der Waals surface area contributed by atoms with Gasteiger partial charge in [-0.15, -0.1) is 23.1 Å². The van der Waals surface area contributed by atoms with E-state index in [0.717, 1.165) is 14.7 Å². The number of nitrogens with two attached hydrogens (primary N) is 1. The van der Waals surface area contributed by atoms with Gasteiger partial charge >= 0.3 is 0 Å². The molecule has 2 unspecified atom stereocenters. The third-order valence-electron chi connectivity index (χ3n) is 2.83. The van der Waals surface area contributed by atoms with Crippen LogP contribution in [0.15, 0.2) is 49.6 Å². The molecule has 0 aliphatic heterocycles. The van der Waals surface area contributed by atoms with Crippen LogP contribution in [0.3, 0.4) is 0 Å². The van der Waals surface area contributed by atoms with Crippen molar-refractivity contribution >= 4 is 55.0 Å². The van der Waals surface area contributed by atoms with Crippen molar-refractivity contribution in [3.8, 4) is 0 Å². The molecular weight excluding hydrogens is 406 g/mol. The number of benzene rings is 1. The van der Waals surface area contributed by atoms with Crippen LogP contribution in [-0.4, -0.2) is 6.04 Å². The lowest BCUT2D eigenvalue weighted by atomic mass is 10.1. The fraction of sp³-hybridized carbons (Fsp3) is 0.286. The maximum absolute atomic E-state index is 6.31. The first-order valence-electron chi connectivity index (χ1n) is 6.03. The lowest BCUT2D eigenvalue weighted by molar-refractivity contribution is 0.640. The zero-order chi connectivity index (χ0) is 13.8. The predicted molar refractivity (Wildman–Crippen MR) is 93.0 cm³/mol. The number of thioether (sulfide) groups is 1. The highest BCUT2D eigenvalue weighted by Crippen LogP contribution is 2.43. The number of halogens is 2. The molecule has 1 aromatic heterocycles. The summed E-state index contributed by atoms with van der Waals surface area (Å²) >= 11 is 10.7. The maximum Gasteiger partial charge on any atom is 0.0701 e. The zero-order valence-electron chi connectivity index (χ0n) is 10.5. The summed E-state index contributed by atoms with van der Waals surface area (Å²) in [6, 6.07) is 12.7. The largest absolute Gasteiger partial charge is 0.326 e. The fourth-order valence-electron chi connectivity index (χ4n) is 1.73. The van der Waals surface area contributed by atoms with Gasteiger partial charge in [0.25, 0.3) is 0 Å². The molecule has 2 atom stereocenters. The summed E-state index contributed by atoms with van der Waals surface area (Å²) in [6.45, 7) is 2.14. The van der Waals surface area contributed by atoms with Crippen molar-refractivity contribution < 1.29 is 0 Å². The molecule has 2 N–H and O–H groups in total. The maximum atomic E-state index is 6.31. The Morgan fingerprint density at radius 2 is 1.95 bits per heavy atom. The minimum atomic E-state index is 0.155. The second kappa shape index (κ2) is 7.27. The number of hydrogen-bond acceptors (Lipinski definition) is 3. The van der Waals surface area contributed by atoms with Crippen molar-refractivity contribution in [2.75, 3.05) is 0 Å². The third kappa shape index (κ3) is 4.08. The Morgan fingerprint density at radius 1 is 1.21 bits per heavy atom. The van der Waals surface area contributed by atoms with E-state index in [9.17, 15) is 0 Å². The molecule has 1 heterocycles. The molecule has 5 heteroatoms. The molecule has 0 aliphatic rings. The summed E-state index contributed by atoms with van der Waals surface area (Å²) in [6.07, 6.45) is 0.970. The van der Waals surface area contributed by atoms with Gasteiger partial charge in [0, 0.05) is 20.3 Å². The highest BCUT2D eigenvalue weighted by atomic mass is 79.9. The van der Waals surface area contributed by atoms with Gasteiger partial charge in [-0.25, -0.2) is 0 Å². The lowest BCUT2D eigenvalue weighted by Crippen LogP contribution is -2.25. The quantitative estimate of drug-likeness (QED) is 0.614. The highest BCUT2D eigenvalue weighted by Gasteiger charge is 2.22. The topological polar surface area (TPSA) is 26.0 Å². The Balaban J connectivity index is 2.27.